The van der Waals surface area contributed by atoms with Crippen molar-refractivity contribution in [3.8, 4) is 11.3 Å². The molecule has 0 saturated heterocycles. The van der Waals surface area contributed by atoms with Crippen molar-refractivity contribution in [2.24, 2.45) is 0 Å². The Bertz CT molecular complexity index is 1290. The van der Waals surface area contributed by atoms with Gasteiger partial charge in [-0.3, -0.25) is 14.6 Å². The smallest absolute Gasteiger partial charge is 0.255 e. The van der Waals surface area contributed by atoms with Crippen LogP contribution in [0.15, 0.2) is 98.0 Å². The van der Waals surface area contributed by atoms with E-state index >= 15 is 0 Å². The van der Waals surface area contributed by atoms with E-state index in [0.717, 1.165) is 16.9 Å². The third-order valence-corrected chi connectivity index (χ3v) is 4.59. The molecule has 2 heterocycles. The molecule has 2 aromatic heterocycles. The number of rotatable bonds is 7. The fourth-order valence-corrected chi connectivity index (χ4v) is 3.00. The molecule has 0 fully saturated rings. The maximum atomic E-state index is 12.6. The summed E-state index contributed by atoms with van der Waals surface area (Å²) < 4.78 is 0. The summed E-state index contributed by atoms with van der Waals surface area (Å²) in [4.78, 5) is 36.9. The average molecular weight is 436 g/mol. The van der Waals surface area contributed by atoms with Gasteiger partial charge in [-0.15, -0.1) is 0 Å². The fourth-order valence-electron chi connectivity index (χ4n) is 3.00. The van der Waals surface area contributed by atoms with Crippen LogP contribution >= 0.6 is 0 Å². The van der Waals surface area contributed by atoms with Crippen molar-refractivity contribution >= 4 is 34.8 Å². The standard InChI is InChI=1S/C25H20N6O2/c1-2-23(32)28-19-10-8-17(9-11-19)24(33)29-20-6-3-7-21(15-20)30-25-27-14-12-22(31-25)18-5-4-13-26-16-18/h2-16H,1H2,(H,28,32)(H,29,33)(H,27,30,31). The molecule has 162 valence electrons. The van der Waals surface area contributed by atoms with Crippen LogP contribution in [0.3, 0.4) is 0 Å². The summed E-state index contributed by atoms with van der Waals surface area (Å²) in [5.74, 6) is -0.160. The molecule has 2 amide bonds. The lowest BCUT2D eigenvalue weighted by atomic mass is 10.2. The zero-order chi connectivity index (χ0) is 23.0. The van der Waals surface area contributed by atoms with Crippen molar-refractivity contribution in [3.05, 3.63) is 104 Å². The van der Waals surface area contributed by atoms with Crippen LogP contribution < -0.4 is 16.0 Å². The molecule has 0 spiro atoms. The molecule has 2 aromatic carbocycles. The number of aromatic nitrogens is 3. The number of hydrogen-bond donors (Lipinski definition) is 3. The van der Waals surface area contributed by atoms with Crippen molar-refractivity contribution in [3.63, 3.8) is 0 Å². The molecule has 0 radical (unpaired) electrons. The molecular formula is C25H20N6O2. The molecular weight excluding hydrogens is 416 g/mol. The first-order valence-electron chi connectivity index (χ1n) is 10.1. The van der Waals surface area contributed by atoms with E-state index in [1.165, 1.54) is 6.08 Å². The molecule has 8 nitrogen and oxygen atoms in total. The van der Waals surface area contributed by atoms with E-state index in [1.807, 2.05) is 30.3 Å². The third-order valence-electron chi connectivity index (χ3n) is 4.59. The molecule has 0 aliphatic heterocycles. The van der Waals surface area contributed by atoms with Crippen LogP contribution in [0, 0.1) is 0 Å². The highest BCUT2D eigenvalue weighted by atomic mass is 16.2. The summed E-state index contributed by atoms with van der Waals surface area (Å²) in [7, 11) is 0. The van der Waals surface area contributed by atoms with Gasteiger partial charge in [-0.2, -0.15) is 0 Å². The molecule has 3 N–H and O–H groups in total. The Hall–Kier alpha value is -4.85. The van der Waals surface area contributed by atoms with Crippen LogP contribution in [0.2, 0.25) is 0 Å². The Kier molecular flexibility index (Phi) is 6.46. The number of amides is 2. The van der Waals surface area contributed by atoms with Gasteiger partial charge in [-0.25, -0.2) is 9.97 Å². The zero-order valence-electron chi connectivity index (χ0n) is 17.5. The number of pyridine rings is 1. The van der Waals surface area contributed by atoms with E-state index in [0.29, 0.717) is 22.9 Å². The van der Waals surface area contributed by atoms with E-state index < -0.39 is 0 Å². The zero-order valence-corrected chi connectivity index (χ0v) is 17.5. The minimum Gasteiger partial charge on any atom is -0.324 e. The van der Waals surface area contributed by atoms with Crippen molar-refractivity contribution in [1.82, 2.24) is 15.0 Å². The van der Waals surface area contributed by atoms with Gasteiger partial charge in [0.05, 0.1) is 5.69 Å². The van der Waals surface area contributed by atoms with Gasteiger partial charge in [0, 0.05) is 46.8 Å². The molecule has 0 aliphatic carbocycles. The Morgan fingerprint density at radius 2 is 1.67 bits per heavy atom. The number of benzene rings is 2. The van der Waals surface area contributed by atoms with Crippen LogP contribution in [0.1, 0.15) is 10.4 Å². The van der Waals surface area contributed by atoms with Gasteiger partial charge in [0.15, 0.2) is 0 Å². The predicted octanol–water partition coefficient (Wildman–Crippen LogP) is 4.66. The minimum atomic E-state index is -0.313. The maximum Gasteiger partial charge on any atom is 0.255 e. The summed E-state index contributed by atoms with van der Waals surface area (Å²) in [6.07, 6.45) is 6.30. The lowest BCUT2D eigenvalue weighted by Gasteiger charge is -2.10. The van der Waals surface area contributed by atoms with Gasteiger partial charge in [-0.1, -0.05) is 12.6 Å². The highest BCUT2D eigenvalue weighted by Gasteiger charge is 2.08. The van der Waals surface area contributed by atoms with Gasteiger partial charge in [0.1, 0.15) is 0 Å². The van der Waals surface area contributed by atoms with E-state index in [2.05, 4.69) is 37.5 Å². The summed E-state index contributed by atoms with van der Waals surface area (Å²) in [5, 5.41) is 8.66. The van der Waals surface area contributed by atoms with E-state index in [4.69, 9.17) is 0 Å². The van der Waals surface area contributed by atoms with E-state index in [-0.39, 0.29) is 11.8 Å². The van der Waals surface area contributed by atoms with E-state index in [1.54, 1.807) is 55.0 Å². The highest BCUT2D eigenvalue weighted by molar-refractivity contribution is 6.05. The largest absolute Gasteiger partial charge is 0.324 e. The molecule has 4 rings (SSSR count). The molecule has 0 aliphatic rings. The second kappa shape index (κ2) is 9.97. The Labute approximate surface area is 190 Å². The second-order valence-electron chi connectivity index (χ2n) is 6.94. The van der Waals surface area contributed by atoms with Gasteiger partial charge < -0.3 is 16.0 Å². The topological polar surface area (TPSA) is 109 Å². The molecule has 8 heteroatoms. The van der Waals surface area contributed by atoms with Crippen molar-refractivity contribution in [2.75, 3.05) is 16.0 Å². The number of carbonyl (C=O) groups excluding carboxylic acids is 2. The number of anilines is 4. The molecule has 0 atom stereocenters. The first kappa shape index (κ1) is 21.4. The lowest BCUT2D eigenvalue weighted by Crippen LogP contribution is -2.12. The van der Waals surface area contributed by atoms with Crippen molar-refractivity contribution in [2.45, 2.75) is 0 Å². The number of hydrogen-bond acceptors (Lipinski definition) is 6. The average Bonchev–Trinajstić information content (AvgIpc) is 2.85. The van der Waals surface area contributed by atoms with Crippen molar-refractivity contribution in [1.29, 1.82) is 0 Å². The van der Waals surface area contributed by atoms with Crippen LogP contribution in [-0.2, 0) is 4.79 Å². The normalized spacial score (nSPS) is 10.2. The third kappa shape index (κ3) is 5.65. The Morgan fingerprint density at radius 3 is 2.42 bits per heavy atom. The fraction of sp³-hybridized carbons (Fsp3) is 0. The SMILES string of the molecule is C=CC(=O)Nc1ccc(C(=O)Nc2cccc(Nc3nccc(-c4cccnc4)n3)c2)cc1. The molecule has 0 bridgehead atoms. The van der Waals surface area contributed by atoms with Crippen LogP contribution in [0.4, 0.5) is 23.0 Å². The number of carbonyl (C=O) groups is 2. The molecule has 0 saturated carbocycles. The monoisotopic (exact) mass is 436 g/mol. The predicted molar refractivity (Wildman–Crippen MR) is 128 cm³/mol. The van der Waals surface area contributed by atoms with Gasteiger partial charge in [0.25, 0.3) is 5.91 Å². The second-order valence-corrected chi connectivity index (χ2v) is 6.94. The van der Waals surface area contributed by atoms with Gasteiger partial charge >= 0.3 is 0 Å². The summed E-state index contributed by atoms with van der Waals surface area (Å²) in [6, 6.07) is 19.4. The molecule has 0 unspecified atom stereocenters. The van der Waals surface area contributed by atoms with Gasteiger partial charge in [0.2, 0.25) is 11.9 Å². The quantitative estimate of drug-likeness (QED) is 0.364. The van der Waals surface area contributed by atoms with E-state index in [9.17, 15) is 9.59 Å². The Balaban J connectivity index is 1.43. The summed E-state index contributed by atoms with van der Waals surface area (Å²) in [6.45, 7) is 3.41. The minimum absolute atomic E-state index is 0.274. The van der Waals surface area contributed by atoms with Crippen LogP contribution in [0.25, 0.3) is 11.3 Å². The molecule has 4 aromatic rings. The van der Waals surface area contributed by atoms with Crippen molar-refractivity contribution < 1.29 is 9.59 Å². The van der Waals surface area contributed by atoms with Crippen LogP contribution in [0.5, 0.6) is 0 Å². The first-order valence-corrected chi connectivity index (χ1v) is 10.1. The first-order chi connectivity index (χ1) is 16.1. The van der Waals surface area contributed by atoms with Gasteiger partial charge in [-0.05, 0) is 66.7 Å². The maximum absolute atomic E-state index is 12.6. The highest BCUT2D eigenvalue weighted by Crippen LogP contribution is 2.21. The molecule has 33 heavy (non-hydrogen) atoms. The summed E-state index contributed by atoms with van der Waals surface area (Å²) >= 11 is 0. The number of nitrogens with zero attached hydrogens (tertiary/aromatic N) is 3. The summed E-state index contributed by atoms with van der Waals surface area (Å²) in [5.41, 5.74) is 4.00. The number of nitrogens with one attached hydrogen (secondary N) is 3. The lowest BCUT2D eigenvalue weighted by molar-refractivity contribution is -0.111. The van der Waals surface area contributed by atoms with Crippen LogP contribution in [-0.4, -0.2) is 26.8 Å². The Morgan fingerprint density at radius 1 is 0.848 bits per heavy atom.